The van der Waals surface area contributed by atoms with Gasteiger partial charge in [0.25, 0.3) is 11.5 Å². The minimum Gasteiger partial charge on any atom is -0.331 e. The molecule has 8 heteroatoms. The smallest absolute Gasteiger partial charge is 0.266 e. The number of nitrogens with one attached hydrogen (secondary N) is 1. The highest BCUT2D eigenvalue weighted by Gasteiger charge is 2.23. The Labute approximate surface area is 177 Å². The molecule has 0 bridgehead atoms. The van der Waals surface area contributed by atoms with Gasteiger partial charge in [-0.1, -0.05) is 12.1 Å². The summed E-state index contributed by atoms with van der Waals surface area (Å²) in [5.41, 5.74) is 2.52. The first-order valence-electron chi connectivity index (χ1n) is 9.92. The van der Waals surface area contributed by atoms with Gasteiger partial charge >= 0.3 is 0 Å². The van der Waals surface area contributed by atoms with E-state index in [0.717, 1.165) is 42.3 Å². The highest BCUT2D eigenvalue weighted by atomic mass is 32.1. The predicted octanol–water partition coefficient (Wildman–Crippen LogP) is 3.52. The number of carbonyl (C=O) groups excluding carboxylic acids is 1. The number of benzene rings is 1. The van der Waals surface area contributed by atoms with Crippen molar-refractivity contribution in [2.75, 3.05) is 5.32 Å². The van der Waals surface area contributed by atoms with Gasteiger partial charge < -0.3 is 9.88 Å². The molecule has 4 aromatic rings. The number of hydrogen-bond donors (Lipinski definition) is 1. The third kappa shape index (κ3) is 3.13. The van der Waals surface area contributed by atoms with E-state index in [1.54, 1.807) is 10.8 Å². The molecule has 152 valence electrons. The zero-order valence-corrected chi connectivity index (χ0v) is 17.6. The van der Waals surface area contributed by atoms with Crippen molar-refractivity contribution < 1.29 is 4.79 Å². The van der Waals surface area contributed by atoms with Crippen LogP contribution in [-0.4, -0.2) is 25.0 Å². The number of thiophene rings is 1. The number of fused-ring (bicyclic) bond motifs is 2. The Morgan fingerprint density at radius 3 is 2.77 bits per heavy atom. The molecule has 1 aliphatic heterocycles. The first kappa shape index (κ1) is 18.7. The van der Waals surface area contributed by atoms with Gasteiger partial charge in [0.2, 0.25) is 0 Å². The topological polar surface area (TPSA) is 81.8 Å². The molecule has 0 unspecified atom stereocenters. The van der Waals surface area contributed by atoms with Crippen molar-refractivity contribution in [1.29, 1.82) is 0 Å². The van der Waals surface area contributed by atoms with Crippen LogP contribution in [0.15, 0.2) is 41.5 Å². The van der Waals surface area contributed by atoms with Crippen molar-refractivity contribution in [2.24, 2.45) is 0 Å². The number of aryl methyl sites for hydroxylation is 3. The van der Waals surface area contributed by atoms with Crippen LogP contribution in [0.3, 0.4) is 0 Å². The third-order valence-electron chi connectivity index (χ3n) is 5.61. The van der Waals surface area contributed by atoms with Crippen LogP contribution in [0, 0.1) is 13.8 Å². The summed E-state index contributed by atoms with van der Waals surface area (Å²) in [6.45, 7) is 5.24. The molecule has 0 aliphatic carbocycles. The summed E-state index contributed by atoms with van der Waals surface area (Å²) in [6.07, 6.45) is 5.49. The first-order chi connectivity index (χ1) is 14.5. The lowest BCUT2D eigenvalue weighted by Gasteiger charge is -2.08. The van der Waals surface area contributed by atoms with E-state index in [2.05, 4.69) is 19.9 Å². The van der Waals surface area contributed by atoms with E-state index in [4.69, 9.17) is 0 Å². The Kier molecular flexibility index (Phi) is 4.51. The molecule has 0 radical (unpaired) electrons. The van der Waals surface area contributed by atoms with Crippen LogP contribution in [0.25, 0.3) is 10.2 Å². The maximum absolute atomic E-state index is 12.9. The van der Waals surface area contributed by atoms with Crippen molar-refractivity contribution in [3.05, 3.63) is 74.7 Å². The summed E-state index contributed by atoms with van der Waals surface area (Å²) in [5, 5.41) is 3.52. The molecule has 1 amide bonds. The molecule has 30 heavy (non-hydrogen) atoms. The molecule has 5 rings (SSSR count). The highest BCUT2D eigenvalue weighted by Crippen LogP contribution is 2.29. The van der Waals surface area contributed by atoms with Gasteiger partial charge in [-0.2, -0.15) is 0 Å². The lowest BCUT2D eigenvalue weighted by molar-refractivity contribution is 0.103. The molecule has 3 aromatic heterocycles. The number of nitrogens with zero attached hydrogens (tertiary/aromatic N) is 4. The van der Waals surface area contributed by atoms with E-state index in [1.165, 1.54) is 11.3 Å². The van der Waals surface area contributed by atoms with Crippen LogP contribution in [0.1, 0.15) is 38.9 Å². The van der Waals surface area contributed by atoms with Crippen LogP contribution in [0.2, 0.25) is 0 Å². The van der Waals surface area contributed by atoms with Gasteiger partial charge in [0.05, 0.1) is 10.3 Å². The zero-order chi connectivity index (χ0) is 20.8. The van der Waals surface area contributed by atoms with Crippen LogP contribution < -0.4 is 10.9 Å². The van der Waals surface area contributed by atoms with Crippen LogP contribution in [0.5, 0.6) is 0 Å². The molecule has 0 fully saturated rings. The number of rotatable bonds is 4. The second-order valence-corrected chi connectivity index (χ2v) is 8.58. The fourth-order valence-electron chi connectivity index (χ4n) is 3.94. The molecule has 1 aliphatic rings. The van der Waals surface area contributed by atoms with Crippen LogP contribution in [0.4, 0.5) is 5.69 Å². The molecule has 0 saturated heterocycles. The van der Waals surface area contributed by atoms with Gasteiger partial charge in [-0.15, -0.1) is 11.3 Å². The summed E-state index contributed by atoms with van der Waals surface area (Å²) in [4.78, 5) is 35.8. The maximum atomic E-state index is 12.9. The van der Waals surface area contributed by atoms with E-state index in [-0.39, 0.29) is 11.5 Å². The highest BCUT2D eigenvalue weighted by molar-refractivity contribution is 7.20. The Morgan fingerprint density at radius 2 is 2.03 bits per heavy atom. The van der Waals surface area contributed by atoms with E-state index in [9.17, 15) is 9.59 Å². The predicted molar refractivity (Wildman–Crippen MR) is 117 cm³/mol. The number of carbonyl (C=O) groups is 1. The Balaban J connectivity index is 1.38. The van der Waals surface area contributed by atoms with E-state index in [0.29, 0.717) is 27.2 Å². The quantitative estimate of drug-likeness (QED) is 0.549. The number of imidazole rings is 1. The SMILES string of the molecule is Cc1c(C(=O)Nc2ccc(Cn3ccnc3C)cc2)sc2nc3n(c(=O)c12)CCC3. The molecule has 0 atom stereocenters. The van der Waals surface area contributed by atoms with Crippen LogP contribution in [-0.2, 0) is 19.5 Å². The number of anilines is 1. The first-order valence-corrected chi connectivity index (χ1v) is 10.7. The average molecular weight is 420 g/mol. The normalized spacial score (nSPS) is 13.0. The minimum atomic E-state index is -0.210. The second kappa shape index (κ2) is 7.21. The molecule has 1 N–H and O–H groups in total. The summed E-state index contributed by atoms with van der Waals surface area (Å²) < 4.78 is 3.81. The molecular weight excluding hydrogens is 398 g/mol. The molecular formula is C22H21N5O2S. The van der Waals surface area contributed by atoms with Gasteiger partial charge in [0.15, 0.2) is 0 Å². The van der Waals surface area contributed by atoms with Crippen molar-refractivity contribution in [3.8, 4) is 0 Å². The van der Waals surface area contributed by atoms with E-state index in [1.807, 2.05) is 44.3 Å². The lowest BCUT2D eigenvalue weighted by Crippen LogP contribution is -2.20. The van der Waals surface area contributed by atoms with Crippen molar-refractivity contribution in [1.82, 2.24) is 19.1 Å². The molecule has 0 spiro atoms. The average Bonchev–Trinajstić information content (AvgIpc) is 3.44. The largest absolute Gasteiger partial charge is 0.331 e. The van der Waals surface area contributed by atoms with Crippen molar-refractivity contribution in [3.63, 3.8) is 0 Å². The summed E-state index contributed by atoms with van der Waals surface area (Å²) in [7, 11) is 0. The summed E-state index contributed by atoms with van der Waals surface area (Å²) in [6, 6.07) is 7.77. The molecule has 4 heterocycles. The Hall–Kier alpha value is -3.26. The monoisotopic (exact) mass is 419 g/mol. The van der Waals surface area contributed by atoms with Gasteiger partial charge in [0.1, 0.15) is 16.5 Å². The zero-order valence-electron chi connectivity index (χ0n) is 16.8. The van der Waals surface area contributed by atoms with Gasteiger partial charge in [-0.25, -0.2) is 9.97 Å². The number of hydrogen-bond acceptors (Lipinski definition) is 5. The molecule has 0 saturated carbocycles. The van der Waals surface area contributed by atoms with Crippen molar-refractivity contribution >= 4 is 33.1 Å². The van der Waals surface area contributed by atoms with Gasteiger partial charge in [-0.3, -0.25) is 14.2 Å². The van der Waals surface area contributed by atoms with Gasteiger partial charge in [0, 0.05) is 37.6 Å². The van der Waals surface area contributed by atoms with E-state index >= 15 is 0 Å². The lowest BCUT2D eigenvalue weighted by atomic mass is 10.2. The summed E-state index contributed by atoms with van der Waals surface area (Å²) in [5.74, 6) is 1.57. The number of aromatic nitrogens is 4. The second-order valence-electron chi connectivity index (χ2n) is 7.58. The maximum Gasteiger partial charge on any atom is 0.266 e. The molecule has 1 aromatic carbocycles. The third-order valence-corrected chi connectivity index (χ3v) is 6.79. The molecule has 7 nitrogen and oxygen atoms in total. The van der Waals surface area contributed by atoms with Crippen molar-refractivity contribution in [2.45, 2.75) is 39.8 Å². The summed E-state index contributed by atoms with van der Waals surface area (Å²) >= 11 is 1.29. The minimum absolute atomic E-state index is 0.0283. The Morgan fingerprint density at radius 1 is 1.23 bits per heavy atom. The fourth-order valence-corrected chi connectivity index (χ4v) is 5.03. The van der Waals surface area contributed by atoms with Crippen LogP contribution >= 0.6 is 11.3 Å². The van der Waals surface area contributed by atoms with Gasteiger partial charge in [-0.05, 0) is 43.5 Å². The Bertz CT molecular complexity index is 1330. The fraction of sp³-hybridized carbons (Fsp3) is 0.273. The van der Waals surface area contributed by atoms with E-state index < -0.39 is 0 Å². The number of amides is 1. The standard InChI is InChI=1S/C22H21N5O2S/c1-13-18-21(25-17-4-3-10-27(17)22(18)29)30-19(13)20(28)24-16-7-5-15(6-8-16)12-26-11-9-23-14(26)2/h5-9,11H,3-4,10,12H2,1-2H3,(H,24,28).